The highest BCUT2D eigenvalue weighted by molar-refractivity contribution is 7.60. The van der Waals surface area contributed by atoms with Crippen molar-refractivity contribution in [3.63, 3.8) is 0 Å². The van der Waals surface area contributed by atoms with Crippen molar-refractivity contribution in [2.75, 3.05) is 37.0 Å². The average molecular weight is 749 g/mol. The highest BCUT2D eigenvalue weighted by Gasteiger charge is 2.34. The van der Waals surface area contributed by atoms with E-state index in [9.17, 15) is 0 Å². The molecule has 6 saturated carbocycles. The molecule has 4 heteroatoms. The maximum absolute atomic E-state index is 1.69. The topological polar surface area (TPSA) is 0 Å². The first-order chi connectivity index (χ1) is 24.3. The molecular weight excluding hydrogens is 664 g/mol. The van der Waals surface area contributed by atoms with Gasteiger partial charge in [-0.1, -0.05) is 116 Å². The van der Waals surface area contributed by atoms with Gasteiger partial charge in [0.1, 0.15) is 0 Å². The molecule has 0 atom stereocenters. The molecule has 6 aliphatic rings. The summed E-state index contributed by atoms with van der Waals surface area (Å²) in [4.78, 5) is 0. The van der Waals surface area contributed by atoms with Gasteiger partial charge < -0.3 is 0 Å². The zero-order valence-electron chi connectivity index (χ0n) is 32.8. The van der Waals surface area contributed by atoms with Gasteiger partial charge in [-0.3, -0.25) is 0 Å². The third-order valence-electron chi connectivity index (χ3n) is 14.9. The van der Waals surface area contributed by atoms with E-state index in [1.54, 1.807) is 249 Å². The van der Waals surface area contributed by atoms with Crippen molar-refractivity contribution < 1.29 is 0 Å². The molecule has 0 N–H and O–H groups in total. The zero-order valence-corrected chi connectivity index (χ0v) is 36.4. The van der Waals surface area contributed by atoms with Crippen LogP contribution in [0.15, 0.2) is 0 Å². The highest BCUT2D eigenvalue weighted by Crippen LogP contribution is 2.60. The van der Waals surface area contributed by atoms with E-state index in [-0.39, 0.29) is 7.92 Å². The van der Waals surface area contributed by atoms with Crippen molar-refractivity contribution in [2.45, 2.75) is 246 Å². The first-order valence-electron chi connectivity index (χ1n) is 23.3. The quantitative estimate of drug-likeness (QED) is 0.122. The lowest BCUT2D eigenvalue weighted by atomic mass is 9.99. The Hall–Kier alpha value is 1.72. The van der Waals surface area contributed by atoms with Crippen LogP contribution < -0.4 is 0 Å². The Morgan fingerprint density at radius 3 is 0.592 bits per heavy atom. The van der Waals surface area contributed by atoms with Gasteiger partial charge in [0, 0.05) is 0 Å². The molecule has 0 aromatic heterocycles. The van der Waals surface area contributed by atoms with Crippen LogP contribution in [0.2, 0.25) is 0 Å². The molecule has 49 heavy (non-hydrogen) atoms. The normalized spacial score (nSPS) is 25.7. The fraction of sp³-hybridized carbons (Fsp3) is 1.00. The van der Waals surface area contributed by atoms with Crippen molar-refractivity contribution in [3.8, 4) is 0 Å². The van der Waals surface area contributed by atoms with E-state index in [1.165, 1.54) is 34.0 Å². The minimum absolute atomic E-state index is 0.274. The summed E-state index contributed by atoms with van der Waals surface area (Å²) >= 11 is 0. The van der Waals surface area contributed by atoms with E-state index in [4.69, 9.17) is 0 Å². The van der Waals surface area contributed by atoms with Crippen molar-refractivity contribution >= 4 is 31.7 Å². The predicted octanol–water partition coefficient (Wildman–Crippen LogP) is 16.1. The monoisotopic (exact) mass is 749 g/mol. The summed E-state index contributed by atoms with van der Waals surface area (Å²) in [6.07, 6.45) is 62.6. The fourth-order valence-corrected chi connectivity index (χ4v) is 27.2. The number of rotatable bonds is 18. The van der Waals surface area contributed by atoms with E-state index in [0.717, 1.165) is 0 Å². The number of hydrogen-bond donors (Lipinski definition) is 0. The summed E-state index contributed by atoms with van der Waals surface area (Å²) in [5.41, 5.74) is 7.01. The van der Waals surface area contributed by atoms with Crippen LogP contribution in [-0.4, -0.2) is 70.9 Å². The maximum Gasteiger partial charge on any atom is -0.0207 e. The Balaban J connectivity index is 1.06. The second-order valence-electron chi connectivity index (χ2n) is 18.4. The van der Waals surface area contributed by atoms with E-state index in [1.807, 2.05) is 0 Å². The molecule has 0 saturated heterocycles. The number of hydrogen-bond acceptors (Lipinski definition) is 0. The van der Waals surface area contributed by atoms with E-state index >= 15 is 0 Å². The molecule has 0 heterocycles. The van der Waals surface area contributed by atoms with Crippen LogP contribution in [0.1, 0.15) is 212 Å². The Morgan fingerprint density at radius 1 is 0.224 bits per heavy atom. The molecular formula is C45H84P4. The van der Waals surface area contributed by atoms with Gasteiger partial charge in [-0.25, -0.2) is 0 Å². The summed E-state index contributed by atoms with van der Waals surface area (Å²) in [7, 11) is 1.20. The molecule has 0 aromatic carbocycles. The van der Waals surface area contributed by atoms with Crippen LogP contribution in [-0.2, 0) is 0 Å². The third kappa shape index (κ3) is 13.5. The van der Waals surface area contributed by atoms with Gasteiger partial charge in [-0.05, 0) is 167 Å². The molecule has 0 nitrogen and oxygen atoms in total. The first kappa shape index (κ1) is 40.4. The predicted molar refractivity (Wildman–Crippen MR) is 232 cm³/mol. The molecule has 0 aliphatic heterocycles. The van der Waals surface area contributed by atoms with Crippen LogP contribution in [0, 0.1) is 0 Å². The van der Waals surface area contributed by atoms with Crippen LogP contribution in [0.5, 0.6) is 0 Å². The lowest BCUT2D eigenvalue weighted by Crippen LogP contribution is -2.23. The molecule has 0 spiro atoms. The van der Waals surface area contributed by atoms with E-state index in [2.05, 4.69) is 0 Å². The SMILES string of the molecule is C1CCC(P(CCCP(CCCP(C2CCCCC2)C2CCCCC2)CCCP(C2CCCCC2)C2CCCCC2)C2CCCCC2)CC1. The van der Waals surface area contributed by atoms with Crippen molar-refractivity contribution in [1.82, 2.24) is 0 Å². The smallest absolute Gasteiger partial charge is 0.0207 e. The maximum atomic E-state index is 1.69. The second-order valence-corrected chi connectivity index (χ2v) is 29.9. The van der Waals surface area contributed by atoms with Crippen molar-refractivity contribution in [3.05, 3.63) is 0 Å². The Kier molecular flexibility index (Phi) is 19.4. The first-order valence-corrected chi connectivity index (χ1v) is 30.2. The molecule has 6 rings (SSSR count). The summed E-state index contributed by atoms with van der Waals surface area (Å²) in [5.74, 6) is 0. The molecule has 0 bridgehead atoms. The minimum Gasteiger partial charge on any atom is -0.107 e. The van der Waals surface area contributed by atoms with Crippen LogP contribution in [0.25, 0.3) is 0 Å². The largest absolute Gasteiger partial charge is 0.107 e. The molecule has 0 radical (unpaired) electrons. The standard InChI is InChI=1S/C45H84P4/c1-7-22-40(23-8-1)47(41-24-9-2-10-25-41)37-19-34-46(35-20-38-48(42-26-11-3-12-27-42)43-28-13-4-14-29-43)36-21-39-49(44-30-15-5-16-31-44)45-32-17-6-18-33-45/h40-45H,1-39H2. The summed E-state index contributed by atoms with van der Waals surface area (Å²) in [6.45, 7) is 0. The highest BCUT2D eigenvalue weighted by atomic mass is 31.1. The van der Waals surface area contributed by atoms with E-state index in [0.29, 0.717) is 23.8 Å². The summed E-state index contributed by atoms with van der Waals surface area (Å²) in [5, 5.41) is 0. The average Bonchev–Trinajstić information content (AvgIpc) is 3.18. The Labute approximate surface area is 313 Å². The van der Waals surface area contributed by atoms with Gasteiger partial charge in [0.05, 0.1) is 0 Å². The molecule has 6 fully saturated rings. The van der Waals surface area contributed by atoms with Gasteiger partial charge in [0.25, 0.3) is 0 Å². The summed E-state index contributed by atoms with van der Waals surface area (Å²) < 4.78 is 0. The molecule has 0 amide bonds. The van der Waals surface area contributed by atoms with Gasteiger partial charge in [-0.15, -0.1) is 31.7 Å². The lowest BCUT2D eigenvalue weighted by Gasteiger charge is -2.39. The van der Waals surface area contributed by atoms with Gasteiger partial charge in [0.2, 0.25) is 0 Å². The molecule has 6 aliphatic carbocycles. The van der Waals surface area contributed by atoms with Gasteiger partial charge >= 0.3 is 0 Å². The zero-order chi connectivity index (χ0) is 33.4. The third-order valence-corrected chi connectivity index (χ3v) is 29.0. The van der Waals surface area contributed by atoms with Crippen LogP contribution in [0.3, 0.4) is 0 Å². The molecule has 0 unspecified atom stereocenters. The van der Waals surface area contributed by atoms with Crippen molar-refractivity contribution in [2.24, 2.45) is 0 Å². The van der Waals surface area contributed by atoms with Gasteiger partial charge in [-0.2, -0.15) is 0 Å². The van der Waals surface area contributed by atoms with Crippen LogP contribution in [0.4, 0.5) is 0 Å². The fourth-order valence-electron chi connectivity index (χ4n) is 12.2. The lowest BCUT2D eigenvalue weighted by molar-refractivity contribution is 0.484. The Morgan fingerprint density at radius 2 is 0.408 bits per heavy atom. The van der Waals surface area contributed by atoms with E-state index < -0.39 is 0 Å². The summed E-state index contributed by atoms with van der Waals surface area (Å²) in [6, 6.07) is 0. The minimum atomic E-state index is 0.274. The Bertz CT molecular complexity index is 664. The molecule has 284 valence electrons. The van der Waals surface area contributed by atoms with Gasteiger partial charge in [0.15, 0.2) is 0 Å². The van der Waals surface area contributed by atoms with Crippen molar-refractivity contribution in [1.29, 1.82) is 0 Å². The second kappa shape index (κ2) is 23.6. The molecule has 0 aromatic rings. The van der Waals surface area contributed by atoms with Crippen LogP contribution >= 0.6 is 31.7 Å².